The van der Waals surface area contributed by atoms with Crippen LogP contribution in [0.5, 0.6) is 0 Å². The maximum atomic E-state index is 12.0. The predicted octanol–water partition coefficient (Wildman–Crippen LogP) is 1.90. The molecule has 2 rings (SSSR count). The minimum absolute atomic E-state index is 0.182. The number of rotatable bonds is 4. The molecule has 110 valence electrons. The molecule has 0 atom stereocenters. The summed E-state index contributed by atoms with van der Waals surface area (Å²) in [4.78, 5) is 12.0. The number of aromatic nitrogens is 4. The van der Waals surface area contributed by atoms with E-state index < -0.39 is 0 Å². The molecule has 0 radical (unpaired) electrons. The number of nitrogens with one attached hydrogen (secondary N) is 1. The fraction of sp³-hybridized carbons (Fsp3) is 0.385. The first kappa shape index (κ1) is 15.3. The number of anilines is 1. The van der Waals surface area contributed by atoms with E-state index in [1.54, 1.807) is 11.7 Å². The third-order valence-corrected chi connectivity index (χ3v) is 4.31. The van der Waals surface area contributed by atoms with Crippen molar-refractivity contribution < 1.29 is 4.79 Å². The average molecular weight is 351 g/mol. The van der Waals surface area contributed by atoms with Gasteiger partial charge in [-0.25, -0.2) is 0 Å². The fourth-order valence-electron chi connectivity index (χ4n) is 1.96. The van der Waals surface area contributed by atoms with E-state index in [1.807, 2.05) is 19.9 Å². The van der Waals surface area contributed by atoms with Gasteiger partial charge in [0.25, 0.3) is 0 Å². The van der Waals surface area contributed by atoms with Crippen LogP contribution >= 0.6 is 15.9 Å². The molecule has 0 fully saturated rings. The standard InChI is InChI=1S/C13H15BrN6O/c1-8-12(14)9(2)20(18-8)5-4-11(21)17-13-10(6-15)7-16-19(13)3/h7H,4-5H2,1-3H3,(H,17,21). The first-order chi connectivity index (χ1) is 9.93. The number of halogens is 1. The molecule has 8 heteroatoms. The summed E-state index contributed by atoms with van der Waals surface area (Å²) in [5.41, 5.74) is 2.23. The Balaban J connectivity index is 2.01. The molecule has 0 spiro atoms. The summed E-state index contributed by atoms with van der Waals surface area (Å²) in [7, 11) is 1.68. The highest BCUT2D eigenvalue weighted by atomic mass is 79.9. The van der Waals surface area contributed by atoms with Crippen LogP contribution in [0, 0.1) is 25.2 Å². The van der Waals surface area contributed by atoms with Gasteiger partial charge in [0.15, 0.2) is 0 Å². The third kappa shape index (κ3) is 3.13. The van der Waals surface area contributed by atoms with Gasteiger partial charge >= 0.3 is 0 Å². The van der Waals surface area contributed by atoms with Crippen molar-refractivity contribution in [2.24, 2.45) is 7.05 Å². The second-order valence-corrected chi connectivity index (χ2v) is 5.44. The van der Waals surface area contributed by atoms with Crippen molar-refractivity contribution in [1.82, 2.24) is 19.6 Å². The van der Waals surface area contributed by atoms with Crippen LogP contribution in [0.15, 0.2) is 10.7 Å². The van der Waals surface area contributed by atoms with Gasteiger partial charge in [-0.1, -0.05) is 0 Å². The third-order valence-electron chi connectivity index (χ3n) is 3.16. The Bertz CT molecular complexity index is 724. The summed E-state index contributed by atoms with van der Waals surface area (Å²) in [5, 5.41) is 19.9. The summed E-state index contributed by atoms with van der Waals surface area (Å²) in [6, 6.07) is 1.99. The van der Waals surface area contributed by atoms with Gasteiger partial charge in [0, 0.05) is 19.2 Å². The molecule has 0 aliphatic heterocycles. The van der Waals surface area contributed by atoms with Crippen molar-refractivity contribution in [3.63, 3.8) is 0 Å². The summed E-state index contributed by atoms with van der Waals surface area (Å²) in [6.07, 6.45) is 1.69. The van der Waals surface area contributed by atoms with Crippen LogP contribution in [0.1, 0.15) is 23.4 Å². The van der Waals surface area contributed by atoms with E-state index >= 15 is 0 Å². The monoisotopic (exact) mass is 350 g/mol. The Hall–Kier alpha value is -2.14. The van der Waals surface area contributed by atoms with Gasteiger partial charge in [0.05, 0.1) is 22.9 Å². The maximum absolute atomic E-state index is 12.0. The highest BCUT2D eigenvalue weighted by molar-refractivity contribution is 9.10. The molecule has 2 aromatic rings. The molecule has 1 amide bonds. The van der Waals surface area contributed by atoms with E-state index in [9.17, 15) is 4.79 Å². The second-order valence-electron chi connectivity index (χ2n) is 4.65. The lowest BCUT2D eigenvalue weighted by atomic mass is 10.3. The van der Waals surface area contributed by atoms with E-state index in [-0.39, 0.29) is 12.3 Å². The van der Waals surface area contributed by atoms with E-state index in [2.05, 4.69) is 31.4 Å². The molecule has 0 aliphatic rings. The van der Waals surface area contributed by atoms with Crippen LogP contribution in [-0.2, 0) is 18.4 Å². The average Bonchev–Trinajstić information content (AvgIpc) is 2.92. The first-order valence-corrected chi connectivity index (χ1v) is 7.14. The van der Waals surface area contributed by atoms with Crippen LogP contribution in [0.4, 0.5) is 5.82 Å². The van der Waals surface area contributed by atoms with Gasteiger partial charge in [-0.15, -0.1) is 0 Å². The largest absolute Gasteiger partial charge is 0.310 e. The van der Waals surface area contributed by atoms with Crippen molar-refractivity contribution in [1.29, 1.82) is 5.26 Å². The number of amides is 1. The Morgan fingerprint density at radius 2 is 2.24 bits per heavy atom. The topological polar surface area (TPSA) is 88.5 Å². The summed E-state index contributed by atoms with van der Waals surface area (Å²) in [6.45, 7) is 4.32. The number of hydrogen-bond donors (Lipinski definition) is 1. The van der Waals surface area contributed by atoms with Crippen LogP contribution in [0.2, 0.25) is 0 Å². The molecular weight excluding hydrogens is 336 g/mol. The second kappa shape index (κ2) is 6.10. The Labute approximate surface area is 130 Å². The van der Waals surface area contributed by atoms with Crippen molar-refractivity contribution in [2.45, 2.75) is 26.8 Å². The quantitative estimate of drug-likeness (QED) is 0.911. The summed E-state index contributed by atoms with van der Waals surface area (Å²) >= 11 is 3.45. The number of carbonyl (C=O) groups is 1. The van der Waals surface area contributed by atoms with Crippen LogP contribution < -0.4 is 5.32 Å². The molecule has 2 aromatic heterocycles. The van der Waals surface area contributed by atoms with Crippen LogP contribution in [-0.4, -0.2) is 25.5 Å². The highest BCUT2D eigenvalue weighted by Gasteiger charge is 2.13. The van der Waals surface area contributed by atoms with Crippen molar-refractivity contribution in [3.8, 4) is 6.07 Å². The molecule has 0 aliphatic carbocycles. The Kier molecular flexibility index (Phi) is 4.43. The molecule has 0 bridgehead atoms. The number of hydrogen-bond acceptors (Lipinski definition) is 4. The normalized spacial score (nSPS) is 10.4. The van der Waals surface area contributed by atoms with Gasteiger partial charge in [-0.05, 0) is 29.8 Å². The van der Waals surface area contributed by atoms with Crippen LogP contribution in [0.3, 0.4) is 0 Å². The van der Waals surface area contributed by atoms with E-state index in [0.29, 0.717) is 17.9 Å². The zero-order valence-corrected chi connectivity index (χ0v) is 13.6. The molecule has 1 N–H and O–H groups in total. The number of nitriles is 1. The molecular formula is C13H15BrN6O. The molecule has 21 heavy (non-hydrogen) atoms. The highest BCUT2D eigenvalue weighted by Crippen LogP contribution is 2.20. The Morgan fingerprint density at radius 1 is 1.52 bits per heavy atom. The predicted molar refractivity (Wildman–Crippen MR) is 80.6 cm³/mol. The van der Waals surface area contributed by atoms with Crippen molar-refractivity contribution >= 4 is 27.7 Å². The van der Waals surface area contributed by atoms with Gasteiger partial charge in [0.2, 0.25) is 5.91 Å². The molecule has 7 nitrogen and oxygen atoms in total. The van der Waals surface area contributed by atoms with E-state index in [0.717, 1.165) is 15.9 Å². The lowest BCUT2D eigenvalue weighted by Gasteiger charge is -2.07. The first-order valence-electron chi connectivity index (χ1n) is 6.35. The van der Waals surface area contributed by atoms with E-state index in [4.69, 9.17) is 5.26 Å². The van der Waals surface area contributed by atoms with Crippen molar-refractivity contribution in [2.75, 3.05) is 5.32 Å². The lowest BCUT2D eigenvalue weighted by molar-refractivity contribution is -0.116. The minimum atomic E-state index is -0.182. The molecule has 2 heterocycles. The zero-order chi connectivity index (χ0) is 15.6. The number of carbonyl (C=O) groups excluding carboxylic acids is 1. The minimum Gasteiger partial charge on any atom is -0.310 e. The van der Waals surface area contributed by atoms with Crippen molar-refractivity contribution in [3.05, 3.63) is 27.6 Å². The Morgan fingerprint density at radius 3 is 2.81 bits per heavy atom. The molecule has 0 saturated carbocycles. The summed E-state index contributed by atoms with van der Waals surface area (Å²) in [5.74, 6) is 0.232. The maximum Gasteiger partial charge on any atom is 0.227 e. The zero-order valence-electron chi connectivity index (χ0n) is 12.0. The van der Waals surface area contributed by atoms with Gasteiger partial charge < -0.3 is 5.32 Å². The summed E-state index contributed by atoms with van der Waals surface area (Å²) < 4.78 is 4.21. The van der Waals surface area contributed by atoms with Gasteiger partial charge in [-0.3, -0.25) is 14.2 Å². The van der Waals surface area contributed by atoms with Gasteiger partial charge in [-0.2, -0.15) is 15.5 Å². The molecule has 0 unspecified atom stereocenters. The lowest BCUT2D eigenvalue weighted by Crippen LogP contribution is -2.18. The smallest absolute Gasteiger partial charge is 0.227 e. The fourth-order valence-corrected chi connectivity index (χ4v) is 2.25. The van der Waals surface area contributed by atoms with Crippen LogP contribution in [0.25, 0.3) is 0 Å². The SMILES string of the molecule is Cc1nn(CCC(=O)Nc2c(C#N)cnn2C)c(C)c1Br. The number of aryl methyl sites for hydroxylation is 3. The molecule has 0 aromatic carbocycles. The van der Waals surface area contributed by atoms with E-state index in [1.165, 1.54) is 10.9 Å². The molecule has 0 saturated heterocycles. The number of nitrogens with zero attached hydrogens (tertiary/aromatic N) is 5. The van der Waals surface area contributed by atoms with Gasteiger partial charge in [0.1, 0.15) is 17.5 Å².